The lowest BCUT2D eigenvalue weighted by Crippen LogP contribution is -2.41. The fraction of sp³-hybridized carbons (Fsp3) is 0.389. The molecular weight excluding hydrogens is 323 g/mol. The zero-order valence-electron chi connectivity index (χ0n) is 14.6. The molecule has 1 fully saturated rings. The summed E-state index contributed by atoms with van der Waals surface area (Å²) in [6, 6.07) is 8.32. The molecule has 1 saturated heterocycles. The summed E-state index contributed by atoms with van der Waals surface area (Å²) in [6.45, 7) is 4.83. The highest BCUT2D eigenvalue weighted by Gasteiger charge is 2.26. The van der Waals surface area contributed by atoms with Crippen LogP contribution in [-0.2, 0) is 9.53 Å². The van der Waals surface area contributed by atoms with Gasteiger partial charge in [0, 0.05) is 26.6 Å². The predicted octanol–water partition coefficient (Wildman–Crippen LogP) is 2.61. The lowest BCUT2D eigenvalue weighted by atomic mass is 10.2. The van der Waals surface area contributed by atoms with E-state index in [0.29, 0.717) is 42.7 Å². The van der Waals surface area contributed by atoms with Gasteiger partial charge in [0.2, 0.25) is 5.91 Å². The molecule has 6 nitrogen and oxygen atoms in total. The molecular formula is C18H21FN4O2. The van der Waals surface area contributed by atoms with Gasteiger partial charge in [0.1, 0.15) is 23.6 Å². The van der Waals surface area contributed by atoms with Crippen molar-refractivity contribution in [3.05, 3.63) is 47.7 Å². The molecule has 25 heavy (non-hydrogen) atoms. The van der Waals surface area contributed by atoms with Crippen LogP contribution in [-0.4, -0.2) is 47.5 Å². The number of amides is 1. The van der Waals surface area contributed by atoms with E-state index in [4.69, 9.17) is 4.74 Å². The lowest BCUT2D eigenvalue weighted by Gasteiger charge is -2.32. The Hall–Kier alpha value is -2.54. The summed E-state index contributed by atoms with van der Waals surface area (Å²) in [5, 5.41) is 0. The highest BCUT2D eigenvalue weighted by molar-refractivity contribution is 5.73. The number of ether oxygens (including phenoxy) is 1. The summed E-state index contributed by atoms with van der Waals surface area (Å²) in [5.74, 6) is 0.845. The Balaban J connectivity index is 1.90. The molecule has 0 aliphatic carbocycles. The number of rotatable bonds is 3. The molecule has 0 saturated carbocycles. The third kappa shape index (κ3) is 3.76. The van der Waals surface area contributed by atoms with Gasteiger partial charge in [-0.1, -0.05) is 12.1 Å². The molecule has 0 radical (unpaired) electrons. The van der Waals surface area contributed by atoms with E-state index in [-0.39, 0.29) is 17.8 Å². The van der Waals surface area contributed by atoms with Crippen LogP contribution >= 0.6 is 0 Å². The van der Waals surface area contributed by atoms with Gasteiger partial charge in [-0.15, -0.1) is 0 Å². The molecule has 0 bridgehead atoms. The summed E-state index contributed by atoms with van der Waals surface area (Å²) < 4.78 is 19.9. The second-order valence-electron chi connectivity index (χ2n) is 6.03. The minimum absolute atomic E-state index is 0.0165. The molecule has 1 aliphatic rings. The number of carbonyl (C=O) groups excluding carboxylic acids is 1. The number of halogens is 1. The van der Waals surface area contributed by atoms with Crippen LogP contribution in [0.1, 0.15) is 24.5 Å². The van der Waals surface area contributed by atoms with Crippen molar-refractivity contribution in [1.82, 2.24) is 14.9 Å². The van der Waals surface area contributed by atoms with Crippen molar-refractivity contribution in [2.45, 2.75) is 20.0 Å². The van der Waals surface area contributed by atoms with E-state index >= 15 is 0 Å². The molecule has 2 aromatic rings. The molecule has 1 atom stereocenters. The van der Waals surface area contributed by atoms with Gasteiger partial charge in [-0.05, 0) is 19.1 Å². The van der Waals surface area contributed by atoms with Crippen molar-refractivity contribution in [3.63, 3.8) is 0 Å². The van der Waals surface area contributed by atoms with E-state index in [1.54, 1.807) is 55.0 Å². The van der Waals surface area contributed by atoms with E-state index in [2.05, 4.69) is 9.97 Å². The third-order valence-corrected chi connectivity index (χ3v) is 4.24. The van der Waals surface area contributed by atoms with Gasteiger partial charge in [0.15, 0.2) is 0 Å². The standard InChI is InChI=1S/C18H21FN4O2/c1-12-20-15(17-11-23(13(2)24)8-9-25-17)10-18(21-12)22(3)16-7-5-4-6-14(16)19/h4-7,10,17H,8-9,11H2,1-3H3/t17-/m0/s1. The second kappa shape index (κ2) is 7.14. The molecule has 1 aromatic heterocycles. The van der Waals surface area contributed by atoms with Gasteiger partial charge in [-0.3, -0.25) is 4.79 Å². The molecule has 0 spiro atoms. The highest BCUT2D eigenvalue weighted by Crippen LogP contribution is 2.28. The molecule has 1 aromatic carbocycles. The summed E-state index contributed by atoms with van der Waals surface area (Å²) in [7, 11) is 1.76. The monoisotopic (exact) mass is 344 g/mol. The number of benzene rings is 1. The van der Waals surface area contributed by atoms with Crippen molar-refractivity contribution in [3.8, 4) is 0 Å². The lowest BCUT2D eigenvalue weighted by molar-refractivity contribution is -0.136. The topological polar surface area (TPSA) is 58.6 Å². The van der Waals surface area contributed by atoms with Crippen LogP contribution in [0.2, 0.25) is 0 Å². The van der Waals surface area contributed by atoms with Crippen molar-refractivity contribution >= 4 is 17.4 Å². The number of nitrogens with zero attached hydrogens (tertiary/aromatic N) is 4. The van der Waals surface area contributed by atoms with Crippen molar-refractivity contribution in [2.24, 2.45) is 0 Å². The van der Waals surface area contributed by atoms with E-state index < -0.39 is 0 Å². The number of aryl methyl sites for hydroxylation is 1. The number of aromatic nitrogens is 2. The van der Waals surface area contributed by atoms with Crippen molar-refractivity contribution < 1.29 is 13.9 Å². The molecule has 7 heteroatoms. The number of anilines is 2. The van der Waals surface area contributed by atoms with Crippen LogP contribution in [0.15, 0.2) is 30.3 Å². The molecule has 0 unspecified atom stereocenters. The molecule has 2 heterocycles. The van der Waals surface area contributed by atoms with E-state index in [1.807, 2.05) is 0 Å². The minimum Gasteiger partial charge on any atom is -0.368 e. The van der Waals surface area contributed by atoms with Crippen LogP contribution in [0.25, 0.3) is 0 Å². The van der Waals surface area contributed by atoms with Crippen LogP contribution in [0, 0.1) is 12.7 Å². The van der Waals surface area contributed by atoms with Crippen LogP contribution in [0.5, 0.6) is 0 Å². The zero-order chi connectivity index (χ0) is 18.0. The average molecular weight is 344 g/mol. The Morgan fingerprint density at radius 1 is 1.36 bits per heavy atom. The quantitative estimate of drug-likeness (QED) is 0.857. The van der Waals surface area contributed by atoms with Gasteiger partial charge in [-0.2, -0.15) is 0 Å². The first kappa shape index (κ1) is 17.3. The van der Waals surface area contributed by atoms with E-state index in [1.165, 1.54) is 6.07 Å². The maximum atomic E-state index is 14.1. The number of para-hydroxylation sites is 1. The second-order valence-corrected chi connectivity index (χ2v) is 6.03. The first-order chi connectivity index (χ1) is 12.0. The first-order valence-corrected chi connectivity index (χ1v) is 8.16. The average Bonchev–Trinajstić information content (AvgIpc) is 2.61. The van der Waals surface area contributed by atoms with Crippen molar-refractivity contribution in [2.75, 3.05) is 31.6 Å². The van der Waals surface area contributed by atoms with Crippen LogP contribution in [0.3, 0.4) is 0 Å². The molecule has 132 valence electrons. The van der Waals surface area contributed by atoms with Gasteiger partial charge in [0.25, 0.3) is 0 Å². The predicted molar refractivity (Wildman–Crippen MR) is 92.2 cm³/mol. The van der Waals surface area contributed by atoms with Gasteiger partial charge < -0.3 is 14.5 Å². The Kier molecular flexibility index (Phi) is 4.94. The van der Waals surface area contributed by atoms with Crippen LogP contribution in [0.4, 0.5) is 15.9 Å². The Morgan fingerprint density at radius 3 is 2.84 bits per heavy atom. The molecule has 3 rings (SSSR count). The fourth-order valence-electron chi connectivity index (χ4n) is 2.87. The van der Waals surface area contributed by atoms with Crippen molar-refractivity contribution in [1.29, 1.82) is 0 Å². The minimum atomic E-state index is -0.320. The summed E-state index contributed by atoms with van der Waals surface area (Å²) in [6.07, 6.45) is -0.313. The van der Waals surface area contributed by atoms with E-state index in [0.717, 1.165) is 0 Å². The maximum Gasteiger partial charge on any atom is 0.219 e. The molecule has 0 N–H and O–H groups in total. The fourth-order valence-corrected chi connectivity index (χ4v) is 2.87. The third-order valence-electron chi connectivity index (χ3n) is 4.24. The first-order valence-electron chi connectivity index (χ1n) is 8.16. The number of morpholine rings is 1. The normalized spacial score (nSPS) is 17.4. The summed E-state index contributed by atoms with van der Waals surface area (Å²) in [5.41, 5.74) is 1.12. The highest BCUT2D eigenvalue weighted by atomic mass is 19.1. The van der Waals surface area contributed by atoms with Gasteiger partial charge in [0.05, 0.1) is 24.5 Å². The SMILES string of the molecule is CC(=O)N1CCO[C@H](c2cc(N(C)c3ccccc3F)nc(C)n2)C1. The maximum absolute atomic E-state index is 14.1. The van der Waals surface area contributed by atoms with Gasteiger partial charge >= 0.3 is 0 Å². The summed E-state index contributed by atoms with van der Waals surface area (Å²) in [4.78, 5) is 23.9. The molecule has 1 aliphatic heterocycles. The Labute approximate surface area is 146 Å². The largest absolute Gasteiger partial charge is 0.368 e. The number of carbonyl (C=O) groups is 1. The van der Waals surface area contributed by atoms with Crippen LogP contribution < -0.4 is 4.90 Å². The van der Waals surface area contributed by atoms with E-state index in [9.17, 15) is 9.18 Å². The Bertz CT molecular complexity index is 783. The smallest absolute Gasteiger partial charge is 0.219 e. The molecule has 1 amide bonds. The number of hydrogen-bond acceptors (Lipinski definition) is 5. The summed E-state index contributed by atoms with van der Waals surface area (Å²) >= 11 is 0. The zero-order valence-corrected chi connectivity index (χ0v) is 14.6. The van der Waals surface area contributed by atoms with Gasteiger partial charge in [-0.25, -0.2) is 14.4 Å². The number of hydrogen-bond donors (Lipinski definition) is 0. The Morgan fingerprint density at radius 2 is 2.12 bits per heavy atom.